The number of aromatic carboxylic acids is 2. The molecule has 1 rings (SSSR count). The Morgan fingerprint density at radius 3 is 1.60 bits per heavy atom. The van der Waals surface area contributed by atoms with Gasteiger partial charge in [0.1, 0.15) is 0 Å². The molecule has 0 amide bonds. The van der Waals surface area contributed by atoms with Crippen LogP contribution in [0.3, 0.4) is 0 Å². The maximum Gasteiger partial charge on any atom is 0.336 e. The van der Waals surface area contributed by atoms with E-state index in [2.05, 4.69) is 0 Å². The maximum atomic E-state index is 10.5. The van der Waals surface area contributed by atoms with E-state index in [1.54, 1.807) is 6.07 Å². The molecule has 0 heterocycles. The Balaban J connectivity index is 0.000000583. The first kappa shape index (κ1) is 12.7. The maximum absolute atomic E-state index is 10.5. The SMILES string of the molecule is CC#N.O=C(O)c1ccccc1C(=O)O. The summed E-state index contributed by atoms with van der Waals surface area (Å²) < 4.78 is 0. The zero-order chi connectivity index (χ0) is 11.8. The van der Waals surface area contributed by atoms with E-state index in [9.17, 15) is 9.59 Å². The van der Waals surface area contributed by atoms with Crippen molar-refractivity contribution in [3.63, 3.8) is 0 Å². The van der Waals surface area contributed by atoms with Crippen LogP contribution in [-0.4, -0.2) is 22.2 Å². The van der Waals surface area contributed by atoms with E-state index in [1.165, 1.54) is 31.2 Å². The topological polar surface area (TPSA) is 98.4 Å². The first-order valence-electron chi connectivity index (χ1n) is 3.91. The predicted octanol–water partition coefficient (Wildman–Crippen LogP) is 1.61. The predicted molar refractivity (Wildman–Crippen MR) is 51.6 cm³/mol. The normalized spacial score (nSPS) is 8.00. The molecule has 0 fully saturated rings. The molecule has 0 aliphatic heterocycles. The lowest BCUT2D eigenvalue weighted by molar-refractivity contribution is 0.0651. The third kappa shape index (κ3) is 3.91. The van der Waals surface area contributed by atoms with Gasteiger partial charge in [-0.2, -0.15) is 5.26 Å². The second-order valence-corrected chi connectivity index (χ2v) is 2.38. The molecule has 1 aromatic rings. The summed E-state index contributed by atoms with van der Waals surface area (Å²) in [5.41, 5.74) is -0.380. The van der Waals surface area contributed by atoms with Crippen molar-refractivity contribution in [3.05, 3.63) is 35.4 Å². The Labute approximate surface area is 86.2 Å². The summed E-state index contributed by atoms with van der Waals surface area (Å²) in [4.78, 5) is 20.9. The largest absolute Gasteiger partial charge is 0.478 e. The van der Waals surface area contributed by atoms with Gasteiger partial charge in [-0.3, -0.25) is 0 Å². The fourth-order valence-electron chi connectivity index (χ4n) is 0.856. The molecule has 1 aromatic carbocycles. The van der Waals surface area contributed by atoms with Gasteiger partial charge >= 0.3 is 11.9 Å². The summed E-state index contributed by atoms with van der Waals surface area (Å²) in [5.74, 6) is -2.46. The van der Waals surface area contributed by atoms with Gasteiger partial charge in [-0.1, -0.05) is 12.1 Å². The highest BCUT2D eigenvalue weighted by atomic mass is 16.4. The number of carbonyl (C=O) groups is 2. The molecular weight excluding hydrogens is 198 g/mol. The van der Waals surface area contributed by atoms with Gasteiger partial charge in [0.05, 0.1) is 17.2 Å². The summed E-state index contributed by atoms with van der Waals surface area (Å²) in [7, 11) is 0. The van der Waals surface area contributed by atoms with Crippen molar-refractivity contribution in [2.24, 2.45) is 0 Å². The molecule has 0 saturated heterocycles. The van der Waals surface area contributed by atoms with Crippen molar-refractivity contribution in [1.29, 1.82) is 5.26 Å². The molecule has 78 valence electrons. The number of carboxylic acid groups (broad SMARTS) is 2. The second-order valence-electron chi connectivity index (χ2n) is 2.38. The van der Waals surface area contributed by atoms with Crippen LogP contribution in [0.4, 0.5) is 0 Å². The van der Waals surface area contributed by atoms with E-state index < -0.39 is 11.9 Å². The van der Waals surface area contributed by atoms with Crippen LogP contribution >= 0.6 is 0 Å². The van der Waals surface area contributed by atoms with Gasteiger partial charge in [-0.15, -0.1) is 0 Å². The lowest BCUT2D eigenvalue weighted by atomic mass is 10.1. The van der Waals surface area contributed by atoms with E-state index in [-0.39, 0.29) is 11.1 Å². The first-order valence-corrected chi connectivity index (χ1v) is 3.91. The molecule has 0 aliphatic rings. The molecule has 0 radical (unpaired) electrons. The van der Waals surface area contributed by atoms with Crippen LogP contribution in [0.1, 0.15) is 27.6 Å². The average Bonchev–Trinajstić information content (AvgIpc) is 2.19. The van der Waals surface area contributed by atoms with Gasteiger partial charge in [0.2, 0.25) is 0 Å². The molecule has 0 spiro atoms. The van der Waals surface area contributed by atoms with Gasteiger partial charge in [-0.25, -0.2) is 9.59 Å². The molecule has 5 heteroatoms. The minimum absolute atomic E-state index is 0.190. The highest BCUT2D eigenvalue weighted by molar-refractivity contribution is 6.01. The van der Waals surface area contributed by atoms with E-state index in [0.29, 0.717) is 0 Å². The molecule has 15 heavy (non-hydrogen) atoms. The molecule has 0 unspecified atom stereocenters. The minimum atomic E-state index is -1.23. The molecule has 2 N–H and O–H groups in total. The highest BCUT2D eigenvalue weighted by Gasteiger charge is 2.13. The third-order valence-electron chi connectivity index (χ3n) is 1.39. The van der Waals surface area contributed by atoms with Crippen LogP contribution in [0.5, 0.6) is 0 Å². The molecule has 5 nitrogen and oxygen atoms in total. The number of carboxylic acids is 2. The molecule has 0 aromatic heterocycles. The van der Waals surface area contributed by atoms with Crippen molar-refractivity contribution in [3.8, 4) is 6.07 Å². The summed E-state index contributed by atoms with van der Waals surface area (Å²) >= 11 is 0. The van der Waals surface area contributed by atoms with Gasteiger partial charge in [-0.05, 0) is 12.1 Å². The van der Waals surface area contributed by atoms with Crippen LogP contribution in [0, 0.1) is 11.3 Å². The number of nitriles is 1. The number of nitrogens with zero attached hydrogens (tertiary/aromatic N) is 1. The molecular formula is C10H9NO4. The monoisotopic (exact) mass is 207 g/mol. The number of hydrogen-bond donors (Lipinski definition) is 2. The lowest BCUT2D eigenvalue weighted by Crippen LogP contribution is -2.06. The minimum Gasteiger partial charge on any atom is -0.478 e. The summed E-state index contributed by atoms with van der Waals surface area (Å²) in [5, 5.41) is 24.4. The van der Waals surface area contributed by atoms with Crippen molar-refractivity contribution in [1.82, 2.24) is 0 Å². The smallest absolute Gasteiger partial charge is 0.336 e. The fraction of sp³-hybridized carbons (Fsp3) is 0.100. The Hall–Kier alpha value is -2.35. The van der Waals surface area contributed by atoms with Crippen LogP contribution in [-0.2, 0) is 0 Å². The van der Waals surface area contributed by atoms with Crippen molar-refractivity contribution >= 4 is 11.9 Å². The molecule has 0 aliphatic carbocycles. The molecule has 0 bridgehead atoms. The van der Waals surface area contributed by atoms with E-state index in [1.807, 2.05) is 0 Å². The summed E-state index contributed by atoms with van der Waals surface area (Å²) in [6.45, 7) is 1.43. The van der Waals surface area contributed by atoms with Crippen LogP contribution in [0.15, 0.2) is 24.3 Å². The number of rotatable bonds is 2. The highest BCUT2D eigenvalue weighted by Crippen LogP contribution is 2.07. The first-order chi connectivity index (χ1) is 7.04. The quantitative estimate of drug-likeness (QED) is 0.767. The van der Waals surface area contributed by atoms with E-state index in [0.717, 1.165) is 0 Å². The Morgan fingerprint density at radius 1 is 1.13 bits per heavy atom. The fourth-order valence-corrected chi connectivity index (χ4v) is 0.856. The zero-order valence-corrected chi connectivity index (χ0v) is 7.97. The van der Waals surface area contributed by atoms with Gasteiger partial charge in [0.25, 0.3) is 0 Å². The number of benzene rings is 1. The lowest BCUT2D eigenvalue weighted by Gasteiger charge is -1.98. The van der Waals surface area contributed by atoms with Gasteiger partial charge in [0, 0.05) is 6.92 Å². The van der Waals surface area contributed by atoms with E-state index in [4.69, 9.17) is 15.5 Å². The van der Waals surface area contributed by atoms with Gasteiger partial charge < -0.3 is 10.2 Å². The van der Waals surface area contributed by atoms with Crippen LogP contribution < -0.4 is 0 Å². The van der Waals surface area contributed by atoms with Gasteiger partial charge in [0.15, 0.2) is 0 Å². The molecule has 0 saturated carbocycles. The Bertz CT molecular complexity index is 373. The van der Waals surface area contributed by atoms with Crippen LogP contribution in [0.2, 0.25) is 0 Å². The number of hydrogen-bond acceptors (Lipinski definition) is 3. The third-order valence-corrected chi connectivity index (χ3v) is 1.39. The van der Waals surface area contributed by atoms with E-state index >= 15 is 0 Å². The van der Waals surface area contributed by atoms with Crippen molar-refractivity contribution in [2.75, 3.05) is 0 Å². The van der Waals surface area contributed by atoms with Crippen LogP contribution in [0.25, 0.3) is 0 Å². The average molecular weight is 207 g/mol. The summed E-state index contributed by atoms with van der Waals surface area (Å²) in [6.07, 6.45) is 0. The summed E-state index contributed by atoms with van der Waals surface area (Å²) in [6, 6.07) is 7.23. The molecule has 0 atom stereocenters. The zero-order valence-electron chi connectivity index (χ0n) is 7.97. The second kappa shape index (κ2) is 6.16. The Morgan fingerprint density at radius 2 is 1.40 bits per heavy atom. The standard InChI is InChI=1S/C8H6O4.C2H3N/c9-7(10)5-3-1-2-4-6(5)8(11)12;1-2-3/h1-4H,(H,9,10)(H,11,12);1H3. The van der Waals surface area contributed by atoms with Crippen molar-refractivity contribution < 1.29 is 19.8 Å². The Kier molecular flexibility index (Phi) is 5.19. The van der Waals surface area contributed by atoms with Crippen molar-refractivity contribution in [2.45, 2.75) is 6.92 Å².